The first kappa shape index (κ1) is 16.2. The van der Waals surface area contributed by atoms with Gasteiger partial charge in [0.2, 0.25) is 11.9 Å². The van der Waals surface area contributed by atoms with Crippen molar-refractivity contribution < 1.29 is 14.4 Å². The van der Waals surface area contributed by atoms with Crippen LogP contribution in [-0.4, -0.2) is 29.0 Å². The lowest BCUT2D eigenvalue weighted by atomic mass is 10.2. The number of aromatic nitrogens is 2. The topological polar surface area (TPSA) is 97.7 Å². The molecular weight excluding hydrogens is 298 g/mol. The summed E-state index contributed by atoms with van der Waals surface area (Å²) in [5.41, 5.74) is 3.33. The number of methoxy groups -OCH3 is 1. The van der Waals surface area contributed by atoms with Crippen LogP contribution >= 0.6 is 0 Å². The van der Waals surface area contributed by atoms with Crippen LogP contribution in [-0.2, 0) is 16.2 Å². The molecule has 0 atom stereocenters. The Kier molecular flexibility index (Phi) is 5.87. The van der Waals surface area contributed by atoms with Crippen LogP contribution in [0, 0.1) is 0 Å². The van der Waals surface area contributed by atoms with E-state index in [0.717, 1.165) is 11.3 Å². The number of anilines is 1. The van der Waals surface area contributed by atoms with Gasteiger partial charge in [-0.3, -0.25) is 10.1 Å². The van der Waals surface area contributed by atoms with Crippen LogP contribution in [0.4, 0.5) is 5.95 Å². The fourth-order valence-electron chi connectivity index (χ4n) is 1.68. The summed E-state index contributed by atoms with van der Waals surface area (Å²) < 4.78 is 5.27. The van der Waals surface area contributed by atoms with Crippen LogP contribution in [0.2, 0.25) is 0 Å². The number of rotatable bonds is 4. The minimum Gasteiger partial charge on any atom is -0.496 e. The fraction of sp³-hybridized carbons (Fsp3) is 0.200. The van der Waals surface area contributed by atoms with E-state index >= 15 is 0 Å². The van der Waals surface area contributed by atoms with E-state index in [0.29, 0.717) is 12.5 Å². The Hall–Kier alpha value is -3.16. The molecule has 0 radical (unpaired) electrons. The molecule has 2 aromatic rings. The molecule has 8 nitrogen and oxygen atoms in total. The Balaban J connectivity index is 2.13. The predicted octanol–water partition coefficient (Wildman–Crippen LogP) is 1.52. The van der Waals surface area contributed by atoms with Crippen molar-refractivity contribution >= 4 is 17.9 Å². The van der Waals surface area contributed by atoms with Crippen molar-refractivity contribution in [2.24, 2.45) is 4.99 Å². The monoisotopic (exact) mass is 315 g/mol. The number of carbonyl (C=O) groups is 1. The summed E-state index contributed by atoms with van der Waals surface area (Å²) in [5.74, 6) is 0.757. The van der Waals surface area contributed by atoms with Gasteiger partial charge in [-0.15, -0.1) is 0 Å². The van der Waals surface area contributed by atoms with Gasteiger partial charge in [-0.2, -0.15) is 5.48 Å². The summed E-state index contributed by atoms with van der Waals surface area (Å²) in [6.45, 7) is 1.59. The minimum absolute atomic E-state index is 0.206. The smallest absolute Gasteiger partial charge is 0.329 e. The SMILES string of the molecule is COc1ccccc1CN=C(NOC(C)=O)Nc1ncccn1. The minimum atomic E-state index is -0.495. The Morgan fingerprint density at radius 3 is 2.65 bits per heavy atom. The lowest BCUT2D eigenvalue weighted by Crippen LogP contribution is -2.33. The van der Waals surface area contributed by atoms with Crippen molar-refractivity contribution in [2.45, 2.75) is 13.5 Å². The molecule has 0 aliphatic rings. The standard InChI is InChI=1S/C15H17N5O3/c1-11(21)23-20-15(19-14-16-8-5-9-17-14)18-10-12-6-3-4-7-13(12)22-2/h3-9H,10H2,1-2H3,(H2,16,17,18,19,20). The molecule has 0 saturated heterocycles. The Morgan fingerprint density at radius 2 is 1.96 bits per heavy atom. The van der Waals surface area contributed by atoms with Gasteiger partial charge >= 0.3 is 5.97 Å². The number of carbonyl (C=O) groups excluding carboxylic acids is 1. The van der Waals surface area contributed by atoms with Gasteiger partial charge in [0.15, 0.2) is 0 Å². The lowest BCUT2D eigenvalue weighted by molar-refractivity contribution is -0.145. The third-order valence-electron chi connectivity index (χ3n) is 2.69. The van der Waals surface area contributed by atoms with E-state index in [1.807, 2.05) is 24.3 Å². The molecule has 2 rings (SSSR count). The largest absolute Gasteiger partial charge is 0.496 e. The first-order valence-electron chi connectivity index (χ1n) is 6.83. The summed E-state index contributed by atoms with van der Waals surface area (Å²) >= 11 is 0. The summed E-state index contributed by atoms with van der Waals surface area (Å²) in [5, 5.41) is 2.84. The van der Waals surface area contributed by atoms with Crippen LogP contribution in [0.3, 0.4) is 0 Å². The summed E-state index contributed by atoms with van der Waals surface area (Å²) in [4.78, 5) is 28.1. The van der Waals surface area contributed by atoms with Crippen LogP contribution in [0.25, 0.3) is 0 Å². The molecule has 0 bridgehead atoms. The van der Waals surface area contributed by atoms with Crippen molar-refractivity contribution in [1.82, 2.24) is 15.4 Å². The molecule has 1 aromatic heterocycles. The molecule has 120 valence electrons. The number of nitrogens with zero attached hydrogens (tertiary/aromatic N) is 3. The number of hydrogen-bond acceptors (Lipinski definition) is 6. The summed E-state index contributed by atoms with van der Waals surface area (Å²) in [6, 6.07) is 9.19. The maximum absolute atomic E-state index is 11.0. The van der Waals surface area contributed by atoms with E-state index < -0.39 is 5.97 Å². The number of nitrogens with one attached hydrogen (secondary N) is 2. The van der Waals surface area contributed by atoms with Gasteiger partial charge in [-0.05, 0) is 12.1 Å². The van der Waals surface area contributed by atoms with Gasteiger partial charge in [0.1, 0.15) is 5.75 Å². The molecule has 2 N–H and O–H groups in total. The maximum atomic E-state index is 11.0. The van der Waals surface area contributed by atoms with E-state index in [-0.39, 0.29) is 5.96 Å². The van der Waals surface area contributed by atoms with E-state index in [4.69, 9.17) is 9.57 Å². The molecule has 0 amide bonds. The third kappa shape index (κ3) is 5.27. The Morgan fingerprint density at radius 1 is 1.22 bits per heavy atom. The Bertz CT molecular complexity index is 676. The lowest BCUT2D eigenvalue weighted by Gasteiger charge is -2.11. The number of aliphatic imine (C=N–C) groups is 1. The number of benzene rings is 1. The fourth-order valence-corrected chi connectivity index (χ4v) is 1.68. The van der Waals surface area contributed by atoms with E-state index in [1.165, 1.54) is 6.92 Å². The Labute approximate surface area is 133 Å². The highest BCUT2D eigenvalue weighted by atomic mass is 16.7. The molecule has 0 aliphatic carbocycles. The van der Waals surface area contributed by atoms with Crippen molar-refractivity contribution in [3.63, 3.8) is 0 Å². The molecule has 8 heteroatoms. The number of hydroxylamine groups is 1. The van der Waals surface area contributed by atoms with Crippen LogP contribution in [0.1, 0.15) is 12.5 Å². The average Bonchev–Trinajstić information content (AvgIpc) is 2.58. The van der Waals surface area contributed by atoms with Crippen LogP contribution in [0.15, 0.2) is 47.7 Å². The zero-order valence-electron chi connectivity index (χ0n) is 12.8. The summed E-state index contributed by atoms with van der Waals surface area (Å²) in [6.07, 6.45) is 3.16. The highest BCUT2D eigenvalue weighted by molar-refractivity contribution is 5.92. The molecule has 1 heterocycles. The zero-order valence-corrected chi connectivity index (χ0v) is 12.8. The average molecular weight is 315 g/mol. The van der Waals surface area contributed by atoms with E-state index in [1.54, 1.807) is 25.6 Å². The molecular formula is C15H17N5O3. The van der Waals surface area contributed by atoms with E-state index in [9.17, 15) is 4.79 Å². The van der Waals surface area contributed by atoms with Gasteiger partial charge in [0.25, 0.3) is 0 Å². The number of guanidine groups is 1. The van der Waals surface area contributed by atoms with Crippen molar-refractivity contribution in [1.29, 1.82) is 0 Å². The molecule has 23 heavy (non-hydrogen) atoms. The first-order chi connectivity index (χ1) is 11.2. The second-order valence-electron chi connectivity index (χ2n) is 4.37. The van der Waals surface area contributed by atoms with E-state index in [2.05, 4.69) is 25.8 Å². The zero-order chi connectivity index (χ0) is 16.5. The molecule has 0 fully saturated rings. The predicted molar refractivity (Wildman–Crippen MR) is 84.7 cm³/mol. The molecule has 0 spiro atoms. The molecule has 0 aliphatic heterocycles. The third-order valence-corrected chi connectivity index (χ3v) is 2.69. The molecule has 0 unspecified atom stereocenters. The van der Waals surface area contributed by atoms with Crippen LogP contribution in [0.5, 0.6) is 5.75 Å². The van der Waals surface area contributed by atoms with Gasteiger partial charge < -0.3 is 9.57 Å². The molecule has 1 aromatic carbocycles. The second kappa shape index (κ2) is 8.32. The normalized spacial score (nSPS) is 10.8. The second-order valence-corrected chi connectivity index (χ2v) is 4.37. The highest BCUT2D eigenvalue weighted by Crippen LogP contribution is 2.17. The summed E-state index contributed by atoms with van der Waals surface area (Å²) in [7, 11) is 1.59. The van der Waals surface area contributed by atoms with Gasteiger partial charge in [0.05, 0.1) is 13.7 Å². The van der Waals surface area contributed by atoms with Gasteiger partial charge in [0, 0.05) is 24.9 Å². The van der Waals surface area contributed by atoms with Crippen molar-refractivity contribution in [3.05, 3.63) is 48.3 Å². The maximum Gasteiger partial charge on any atom is 0.329 e. The first-order valence-corrected chi connectivity index (χ1v) is 6.83. The highest BCUT2D eigenvalue weighted by Gasteiger charge is 2.06. The number of hydrogen-bond donors (Lipinski definition) is 2. The molecule has 0 saturated carbocycles. The van der Waals surface area contributed by atoms with Gasteiger partial charge in [-0.1, -0.05) is 18.2 Å². The van der Waals surface area contributed by atoms with Crippen molar-refractivity contribution in [2.75, 3.05) is 12.4 Å². The van der Waals surface area contributed by atoms with Crippen LogP contribution < -0.4 is 15.5 Å². The van der Waals surface area contributed by atoms with Crippen molar-refractivity contribution in [3.8, 4) is 5.75 Å². The van der Waals surface area contributed by atoms with Gasteiger partial charge in [-0.25, -0.2) is 15.0 Å². The quantitative estimate of drug-likeness (QED) is 0.501. The number of para-hydroxylation sites is 1. The number of ether oxygens (including phenoxy) is 1.